The summed E-state index contributed by atoms with van der Waals surface area (Å²) in [6.07, 6.45) is 5.10. The first-order valence-corrected chi connectivity index (χ1v) is 4.37. The summed E-state index contributed by atoms with van der Waals surface area (Å²) in [6.45, 7) is 3.65. The molecule has 0 aromatic heterocycles. The molecule has 1 aliphatic heterocycles. The maximum absolute atomic E-state index is 10.8. The molecule has 0 aromatic carbocycles. The van der Waals surface area contributed by atoms with Gasteiger partial charge in [0.2, 0.25) is 0 Å². The van der Waals surface area contributed by atoms with Gasteiger partial charge in [-0.3, -0.25) is 0 Å². The number of ether oxygens (including phenoxy) is 1. The Labute approximate surface area is 67.9 Å². The van der Waals surface area contributed by atoms with E-state index in [0.29, 0.717) is 0 Å². The van der Waals surface area contributed by atoms with Crippen LogP contribution in [0.25, 0.3) is 0 Å². The molecule has 0 radical (unpaired) electrons. The first-order valence-electron chi connectivity index (χ1n) is 4.37. The Bertz CT molecular complexity index is 120. The van der Waals surface area contributed by atoms with Crippen LogP contribution in [0.2, 0.25) is 0 Å². The molecule has 11 heavy (non-hydrogen) atoms. The Morgan fingerprint density at radius 1 is 1.45 bits per heavy atom. The molecule has 1 aliphatic rings. The van der Waals surface area contributed by atoms with E-state index in [9.17, 15) is 4.79 Å². The minimum absolute atomic E-state index is 0.0347. The predicted octanol–water partition coefficient (Wildman–Crippen LogP) is 1.78. The van der Waals surface area contributed by atoms with Gasteiger partial charge in [-0.05, 0) is 19.3 Å². The molecule has 1 saturated heterocycles. The highest BCUT2D eigenvalue weighted by Crippen LogP contribution is 2.32. The molecule has 0 amide bonds. The van der Waals surface area contributed by atoms with E-state index in [1.807, 2.05) is 0 Å². The van der Waals surface area contributed by atoms with E-state index in [0.717, 1.165) is 45.2 Å². The quantitative estimate of drug-likeness (QED) is 0.582. The summed E-state index contributed by atoms with van der Waals surface area (Å²) < 4.78 is 5.21. The lowest BCUT2D eigenvalue weighted by Crippen LogP contribution is -2.30. The molecule has 0 bridgehead atoms. The molecule has 0 aromatic rings. The smallest absolute Gasteiger partial charge is 0.126 e. The Kier molecular flexibility index (Phi) is 3.06. The van der Waals surface area contributed by atoms with Crippen LogP contribution in [0.4, 0.5) is 0 Å². The van der Waals surface area contributed by atoms with Crippen LogP contribution in [0.15, 0.2) is 0 Å². The summed E-state index contributed by atoms with van der Waals surface area (Å²) >= 11 is 0. The monoisotopic (exact) mass is 156 g/mol. The fourth-order valence-corrected chi connectivity index (χ4v) is 1.70. The first kappa shape index (κ1) is 8.72. The van der Waals surface area contributed by atoms with Crippen molar-refractivity contribution < 1.29 is 9.53 Å². The van der Waals surface area contributed by atoms with E-state index in [2.05, 4.69) is 6.92 Å². The maximum atomic E-state index is 10.8. The zero-order chi connectivity index (χ0) is 8.16. The summed E-state index contributed by atoms with van der Waals surface area (Å²) in [5.41, 5.74) is -0.0347. The van der Waals surface area contributed by atoms with Crippen LogP contribution in [-0.2, 0) is 9.53 Å². The van der Waals surface area contributed by atoms with Gasteiger partial charge < -0.3 is 9.53 Å². The second-order valence-electron chi connectivity index (χ2n) is 3.34. The van der Waals surface area contributed by atoms with Gasteiger partial charge in [0, 0.05) is 18.6 Å². The van der Waals surface area contributed by atoms with Crippen LogP contribution in [0.1, 0.15) is 32.6 Å². The molecule has 1 heterocycles. The van der Waals surface area contributed by atoms with E-state index in [-0.39, 0.29) is 5.41 Å². The zero-order valence-corrected chi connectivity index (χ0v) is 7.14. The lowest BCUT2D eigenvalue weighted by molar-refractivity contribution is -0.121. The van der Waals surface area contributed by atoms with Gasteiger partial charge in [0.15, 0.2) is 0 Å². The van der Waals surface area contributed by atoms with Crippen molar-refractivity contribution in [1.29, 1.82) is 0 Å². The Morgan fingerprint density at radius 3 is 2.55 bits per heavy atom. The van der Waals surface area contributed by atoms with Crippen LogP contribution in [0, 0.1) is 5.41 Å². The lowest BCUT2D eigenvalue weighted by Gasteiger charge is -2.31. The van der Waals surface area contributed by atoms with Crippen molar-refractivity contribution in [2.45, 2.75) is 32.6 Å². The zero-order valence-electron chi connectivity index (χ0n) is 7.14. The fourth-order valence-electron chi connectivity index (χ4n) is 1.70. The molecule has 0 unspecified atom stereocenters. The van der Waals surface area contributed by atoms with Gasteiger partial charge >= 0.3 is 0 Å². The lowest BCUT2D eigenvalue weighted by atomic mass is 9.78. The highest BCUT2D eigenvalue weighted by Gasteiger charge is 2.30. The van der Waals surface area contributed by atoms with Gasteiger partial charge in [-0.1, -0.05) is 13.3 Å². The number of carbonyl (C=O) groups excluding carboxylic acids is 1. The van der Waals surface area contributed by atoms with Crippen LogP contribution in [0.3, 0.4) is 0 Å². The molecule has 0 saturated carbocycles. The SMILES string of the molecule is CCCC1(C=O)CCOCC1. The topological polar surface area (TPSA) is 26.3 Å². The number of carbonyl (C=O) groups is 1. The van der Waals surface area contributed by atoms with Crippen molar-refractivity contribution >= 4 is 6.29 Å². The molecule has 64 valence electrons. The van der Waals surface area contributed by atoms with E-state index >= 15 is 0 Å². The normalized spacial score (nSPS) is 23.0. The van der Waals surface area contributed by atoms with Gasteiger partial charge in [0.1, 0.15) is 6.29 Å². The largest absolute Gasteiger partial charge is 0.381 e. The summed E-state index contributed by atoms with van der Waals surface area (Å²) in [5, 5.41) is 0. The highest BCUT2D eigenvalue weighted by molar-refractivity contribution is 5.59. The summed E-state index contributed by atoms with van der Waals surface area (Å²) in [7, 11) is 0. The molecular weight excluding hydrogens is 140 g/mol. The first-order chi connectivity index (χ1) is 5.33. The van der Waals surface area contributed by atoms with Crippen molar-refractivity contribution in [3.8, 4) is 0 Å². The molecular formula is C9H16O2. The predicted molar refractivity (Wildman–Crippen MR) is 43.5 cm³/mol. The third-order valence-electron chi connectivity index (χ3n) is 2.49. The van der Waals surface area contributed by atoms with Gasteiger partial charge in [0.25, 0.3) is 0 Å². The van der Waals surface area contributed by atoms with Crippen LogP contribution in [0.5, 0.6) is 0 Å². The van der Waals surface area contributed by atoms with Crippen molar-refractivity contribution in [1.82, 2.24) is 0 Å². The molecule has 0 atom stereocenters. The Balaban J connectivity index is 2.49. The average Bonchev–Trinajstić information content (AvgIpc) is 2.07. The van der Waals surface area contributed by atoms with Crippen LogP contribution >= 0.6 is 0 Å². The number of hydrogen-bond acceptors (Lipinski definition) is 2. The summed E-state index contributed by atoms with van der Waals surface area (Å²) in [5.74, 6) is 0. The number of rotatable bonds is 3. The number of aldehydes is 1. The van der Waals surface area contributed by atoms with Crippen molar-refractivity contribution in [2.24, 2.45) is 5.41 Å². The van der Waals surface area contributed by atoms with Gasteiger partial charge in [-0.25, -0.2) is 0 Å². The standard InChI is InChI=1S/C9H16O2/c1-2-3-9(8-10)4-6-11-7-5-9/h8H,2-7H2,1H3. The molecule has 0 spiro atoms. The van der Waals surface area contributed by atoms with Crippen molar-refractivity contribution in [3.63, 3.8) is 0 Å². The van der Waals surface area contributed by atoms with Crippen LogP contribution < -0.4 is 0 Å². The number of hydrogen-bond donors (Lipinski definition) is 0. The minimum atomic E-state index is -0.0347. The maximum Gasteiger partial charge on any atom is 0.126 e. The third kappa shape index (κ3) is 2.03. The molecule has 1 rings (SSSR count). The second-order valence-corrected chi connectivity index (χ2v) is 3.34. The van der Waals surface area contributed by atoms with E-state index in [1.54, 1.807) is 0 Å². The molecule has 0 aliphatic carbocycles. The highest BCUT2D eigenvalue weighted by atomic mass is 16.5. The second kappa shape index (κ2) is 3.86. The van der Waals surface area contributed by atoms with Gasteiger partial charge in [-0.2, -0.15) is 0 Å². The van der Waals surface area contributed by atoms with Crippen LogP contribution in [-0.4, -0.2) is 19.5 Å². The Morgan fingerprint density at radius 2 is 2.09 bits per heavy atom. The minimum Gasteiger partial charge on any atom is -0.381 e. The van der Waals surface area contributed by atoms with Gasteiger partial charge in [-0.15, -0.1) is 0 Å². The molecule has 0 N–H and O–H groups in total. The Hall–Kier alpha value is -0.370. The molecule has 2 nitrogen and oxygen atoms in total. The molecule has 2 heteroatoms. The van der Waals surface area contributed by atoms with Crippen molar-refractivity contribution in [2.75, 3.05) is 13.2 Å². The van der Waals surface area contributed by atoms with E-state index in [4.69, 9.17) is 4.74 Å². The van der Waals surface area contributed by atoms with Crippen molar-refractivity contribution in [3.05, 3.63) is 0 Å². The average molecular weight is 156 g/mol. The van der Waals surface area contributed by atoms with E-state index < -0.39 is 0 Å². The summed E-state index contributed by atoms with van der Waals surface area (Å²) in [4.78, 5) is 10.8. The third-order valence-corrected chi connectivity index (χ3v) is 2.49. The van der Waals surface area contributed by atoms with Gasteiger partial charge in [0.05, 0.1) is 0 Å². The fraction of sp³-hybridized carbons (Fsp3) is 0.889. The van der Waals surface area contributed by atoms with E-state index in [1.165, 1.54) is 0 Å². The molecule has 1 fully saturated rings. The summed E-state index contributed by atoms with van der Waals surface area (Å²) in [6, 6.07) is 0.